The van der Waals surface area contributed by atoms with E-state index in [4.69, 9.17) is 4.74 Å². The number of benzene rings is 2. The lowest BCUT2D eigenvalue weighted by molar-refractivity contribution is -0.135. The number of hydrogen-bond acceptors (Lipinski definition) is 4. The SMILES string of the molecule is CCOc1ccc(S(=O)(=O)N2CCC[C@H](C(=O)N(C)Cc3ccccc3F)C2)cc1C. The molecular weight excluding hydrogens is 419 g/mol. The molecule has 2 aromatic rings. The second-order valence-electron chi connectivity index (χ2n) is 7.85. The third-order valence-electron chi connectivity index (χ3n) is 5.56. The number of nitrogens with zero attached hydrogens (tertiary/aromatic N) is 2. The highest BCUT2D eigenvalue weighted by Crippen LogP contribution is 2.28. The van der Waals surface area contributed by atoms with E-state index in [0.717, 1.165) is 5.56 Å². The molecule has 0 N–H and O–H groups in total. The summed E-state index contributed by atoms with van der Waals surface area (Å²) >= 11 is 0. The largest absolute Gasteiger partial charge is 0.494 e. The number of piperidine rings is 1. The van der Waals surface area contributed by atoms with Gasteiger partial charge in [-0.1, -0.05) is 18.2 Å². The van der Waals surface area contributed by atoms with E-state index in [-0.39, 0.29) is 29.7 Å². The van der Waals surface area contributed by atoms with Crippen molar-refractivity contribution in [2.45, 2.75) is 38.1 Å². The van der Waals surface area contributed by atoms with E-state index in [1.807, 2.05) is 13.8 Å². The summed E-state index contributed by atoms with van der Waals surface area (Å²) in [5.41, 5.74) is 1.18. The van der Waals surface area contributed by atoms with Crippen LogP contribution in [0, 0.1) is 18.7 Å². The van der Waals surface area contributed by atoms with Gasteiger partial charge in [0.15, 0.2) is 0 Å². The first-order chi connectivity index (χ1) is 14.7. The van der Waals surface area contributed by atoms with Crippen LogP contribution in [0.3, 0.4) is 0 Å². The Labute approximate surface area is 183 Å². The second-order valence-corrected chi connectivity index (χ2v) is 9.79. The average Bonchev–Trinajstić information content (AvgIpc) is 2.76. The van der Waals surface area contributed by atoms with Crippen LogP contribution in [0.2, 0.25) is 0 Å². The zero-order chi connectivity index (χ0) is 22.6. The maximum atomic E-state index is 13.9. The van der Waals surface area contributed by atoms with E-state index in [1.54, 1.807) is 43.4 Å². The molecule has 1 atom stereocenters. The number of carbonyl (C=O) groups is 1. The summed E-state index contributed by atoms with van der Waals surface area (Å²) in [6.45, 7) is 4.82. The van der Waals surface area contributed by atoms with Gasteiger partial charge in [-0.2, -0.15) is 4.31 Å². The predicted octanol–water partition coefficient (Wildman–Crippen LogP) is 3.59. The van der Waals surface area contributed by atoms with Crippen LogP contribution in [0.1, 0.15) is 30.9 Å². The molecule has 0 bridgehead atoms. The lowest BCUT2D eigenvalue weighted by Crippen LogP contribution is -2.45. The van der Waals surface area contributed by atoms with Gasteiger partial charge in [0.1, 0.15) is 11.6 Å². The zero-order valence-corrected chi connectivity index (χ0v) is 19.0. The first kappa shape index (κ1) is 23.2. The second kappa shape index (κ2) is 9.78. The lowest BCUT2D eigenvalue weighted by Gasteiger charge is -2.33. The van der Waals surface area contributed by atoms with Gasteiger partial charge in [0.2, 0.25) is 15.9 Å². The summed E-state index contributed by atoms with van der Waals surface area (Å²) in [5, 5.41) is 0. The molecular formula is C23H29FN2O4S. The molecule has 6 nitrogen and oxygen atoms in total. The molecule has 0 spiro atoms. The Balaban J connectivity index is 1.72. The third-order valence-corrected chi connectivity index (χ3v) is 7.42. The highest BCUT2D eigenvalue weighted by Gasteiger charge is 2.34. The Morgan fingerprint density at radius 3 is 2.68 bits per heavy atom. The van der Waals surface area contributed by atoms with Crippen molar-refractivity contribution in [3.05, 3.63) is 59.4 Å². The smallest absolute Gasteiger partial charge is 0.243 e. The minimum Gasteiger partial charge on any atom is -0.494 e. The highest BCUT2D eigenvalue weighted by atomic mass is 32.2. The van der Waals surface area contributed by atoms with Crippen molar-refractivity contribution in [1.29, 1.82) is 0 Å². The summed E-state index contributed by atoms with van der Waals surface area (Å²) in [5.74, 6) is -0.334. The molecule has 1 amide bonds. The van der Waals surface area contributed by atoms with Crippen LogP contribution in [-0.2, 0) is 21.4 Å². The van der Waals surface area contributed by atoms with Crippen LogP contribution >= 0.6 is 0 Å². The summed E-state index contributed by atoms with van der Waals surface area (Å²) in [6, 6.07) is 11.2. The molecule has 3 rings (SSSR count). The molecule has 0 radical (unpaired) electrons. The van der Waals surface area contributed by atoms with Crippen LogP contribution in [0.4, 0.5) is 4.39 Å². The molecule has 0 aliphatic carbocycles. The molecule has 1 heterocycles. The highest BCUT2D eigenvalue weighted by molar-refractivity contribution is 7.89. The van der Waals surface area contributed by atoms with Crippen molar-refractivity contribution in [2.75, 3.05) is 26.7 Å². The Bertz CT molecular complexity index is 1040. The summed E-state index contributed by atoms with van der Waals surface area (Å²) in [4.78, 5) is 14.6. The van der Waals surface area contributed by atoms with Gasteiger partial charge < -0.3 is 9.64 Å². The van der Waals surface area contributed by atoms with Crippen molar-refractivity contribution in [1.82, 2.24) is 9.21 Å². The van der Waals surface area contributed by atoms with Gasteiger partial charge in [-0.25, -0.2) is 12.8 Å². The van der Waals surface area contributed by atoms with Crippen LogP contribution in [0.15, 0.2) is 47.4 Å². The molecule has 0 aromatic heterocycles. The molecule has 1 aliphatic heterocycles. The Kier molecular flexibility index (Phi) is 7.33. The standard InChI is InChI=1S/C23H29FN2O4S/c1-4-30-22-12-11-20(14-17(22)2)31(28,29)26-13-7-9-19(16-26)23(27)25(3)15-18-8-5-6-10-21(18)24/h5-6,8,10-12,14,19H,4,7,9,13,15-16H2,1-3H3/t19-/m0/s1. The molecule has 0 unspecified atom stereocenters. The molecule has 0 saturated carbocycles. The molecule has 8 heteroatoms. The van der Waals surface area contributed by atoms with Gasteiger partial charge in [-0.05, 0) is 56.5 Å². The number of ether oxygens (including phenoxy) is 1. The van der Waals surface area contributed by atoms with Crippen LogP contribution in [0.25, 0.3) is 0 Å². The van der Waals surface area contributed by atoms with Gasteiger partial charge in [-0.15, -0.1) is 0 Å². The number of halogens is 1. The van der Waals surface area contributed by atoms with Crippen molar-refractivity contribution in [2.24, 2.45) is 5.92 Å². The lowest BCUT2D eigenvalue weighted by atomic mass is 9.98. The summed E-state index contributed by atoms with van der Waals surface area (Å²) in [6.07, 6.45) is 1.20. The molecule has 168 valence electrons. The molecule has 2 aromatic carbocycles. The van der Waals surface area contributed by atoms with Gasteiger partial charge in [-0.3, -0.25) is 4.79 Å². The molecule has 1 aliphatic rings. The fraction of sp³-hybridized carbons (Fsp3) is 0.435. The Hall–Kier alpha value is -2.45. The fourth-order valence-electron chi connectivity index (χ4n) is 3.88. The summed E-state index contributed by atoms with van der Waals surface area (Å²) < 4.78 is 47.2. The van der Waals surface area contributed by atoms with E-state index in [9.17, 15) is 17.6 Å². The Morgan fingerprint density at radius 2 is 2.00 bits per heavy atom. The Morgan fingerprint density at radius 1 is 1.26 bits per heavy atom. The van der Waals surface area contributed by atoms with Crippen LogP contribution in [0.5, 0.6) is 5.75 Å². The van der Waals surface area contributed by atoms with E-state index in [2.05, 4.69) is 0 Å². The van der Waals surface area contributed by atoms with Gasteiger partial charge in [0, 0.05) is 32.2 Å². The number of rotatable bonds is 7. The van der Waals surface area contributed by atoms with Crippen LogP contribution in [-0.4, -0.2) is 50.3 Å². The monoisotopic (exact) mass is 448 g/mol. The fourth-order valence-corrected chi connectivity index (χ4v) is 5.49. The van der Waals surface area contributed by atoms with Gasteiger partial charge in [0.05, 0.1) is 17.4 Å². The quantitative estimate of drug-likeness (QED) is 0.649. The van der Waals surface area contributed by atoms with Gasteiger partial charge in [0.25, 0.3) is 0 Å². The van der Waals surface area contributed by atoms with Crippen molar-refractivity contribution in [3.63, 3.8) is 0 Å². The maximum Gasteiger partial charge on any atom is 0.243 e. The normalized spacial score (nSPS) is 17.4. The van der Waals surface area contributed by atoms with E-state index in [0.29, 0.717) is 37.3 Å². The molecule has 1 fully saturated rings. The van der Waals surface area contributed by atoms with Crippen molar-refractivity contribution in [3.8, 4) is 5.75 Å². The first-order valence-electron chi connectivity index (χ1n) is 10.5. The minimum atomic E-state index is -3.73. The van der Waals surface area contributed by atoms with E-state index >= 15 is 0 Å². The number of hydrogen-bond donors (Lipinski definition) is 0. The zero-order valence-electron chi connectivity index (χ0n) is 18.2. The predicted molar refractivity (Wildman–Crippen MR) is 117 cm³/mol. The van der Waals surface area contributed by atoms with Crippen molar-refractivity contribution >= 4 is 15.9 Å². The van der Waals surface area contributed by atoms with Crippen molar-refractivity contribution < 1.29 is 22.3 Å². The minimum absolute atomic E-state index is 0.120. The number of carbonyl (C=O) groups excluding carboxylic acids is 1. The number of aryl methyl sites for hydroxylation is 1. The number of amides is 1. The average molecular weight is 449 g/mol. The topological polar surface area (TPSA) is 66.9 Å². The summed E-state index contributed by atoms with van der Waals surface area (Å²) in [7, 11) is -2.10. The molecule has 1 saturated heterocycles. The van der Waals surface area contributed by atoms with E-state index in [1.165, 1.54) is 15.3 Å². The van der Waals surface area contributed by atoms with Crippen LogP contribution < -0.4 is 4.74 Å². The maximum absolute atomic E-state index is 13.9. The molecule has 31 heavy (non-hydrogen) atoms. The first-order valence-corrected chi connectivity index (χ1v) is 11.9. The number of sulfonamides is 1. The van der Waals surface area contributed by atoms with E-state index < -0.39 is 15.9 Å². The third kappa shape index (κ3) is 5.25. The van der Waals surface area contributed by atoms with Gasteiger partial charge >= 0.3 is 0 Å².